The van der Waals surface area contributed by atoms with Crippen molar-refractivity contribution in [2.24, 2.45) is 0 Å². The molecule has 0 heterocycles. The summed E-state index contributed by atoms with van der Waals surface area (Å²) in [5, 5.41) is 0. The molecule has 0 rings (SSSR count). The Morgan fingerprint density at radius 1 is 1.47 bits per heavy atom. The molecule has 6 heteroatoms. The normalized spacial score (nSPS) is 13.3. The summed E-state index contributed by atoms with van der Waals surface area (Å²) in [4.78, 5) is 11.3. The summed E-state index contributed by atoms with van der Waals surface area (Å²) in [6.45, 7) is 5.25. The minimum Gasteiger partial charge on any atom is -0.462 e. The van der Waals surface area contributed by atoms with Crippen molar-refractivity contribution >= 4 is 13.6 Å². The van der Waals surface area contributed by atoms with Gasteiger partial charge in [-0.2, -0.15) is 0 Å². The molecule has 0 aliphatic heterocycles. The third kappa shape index (κ3) is 5.72. The van der Waals surface area contributed by atoms with E-state index in [-0.39, 0.29) is 12.3 Å². The lowest BCUT2D eigenvalue weighted by molar-refractivity contribution is -0.145. The summed E-state index contributed by atoms with van der Waals surface area (Å²) >= 11 is 0. The maximum atomic E-state index is 11.5. The minimum absolute atomic E-state index is 0.280. The highest BCUT2D eigenvalue weighted by Crippen LogP contribution is 2.46. The summed E-state index contributed by atoms with van der Waals surface area (Å²) < 4.78 is 25.7. The SMILES string of the molecule is C=CC[C@@H](C)OC(=O)CP(=O)(OC)OC. The molecule has 5 nitrogen and oxygen atoms in total. The molecule has 0 N–H and O–H groups in total. The number of hydrogen-bond acceptors (Lipinski definition) is 5. The van der Waals surface area contributed by atoms with Gasteiger partial charge in [-0.25, -0.2) is 0 Å². The third-order valence-electron chi connectivity index (χ3n) is 1.71. The molecule has 0 spiro atoms. The Kier molecular flexibility index (Phi) is 6.48. The minimum atomic E-state index is -3.31. The standard InChI is InChI=1S/C9H17O5P/c1-5-6-8(2)14-9(10)7-15(11,12-3)13-4/h5,8H,1,6-7H2,2-4H3/t8-/m1/s1. The van der Waals surface area contributed by atoms with Gasteiger partial charge in [-0.1, -0.05) is 6.08 Å². The number of hydrogen-bond donors (Lipinski definition) is 0. The second-order valence-corrected chi connectivity index (χ2v) is 5.23. The van der Waals surface area contributed by atoms with E-state index in [1.165, 1.54) is 14.2 Å². The highest BCUT2D eigenvalue weighted by Gasteiger charge is 2.27. The smallest absolute Gasteiger partial charge is 0.341 e. The van der Waals surface area contributed by atoms with Crippen molar-refractivity contribution < 1.29 is 23.1 Å². The van der Waals surface area contributed by atoms with Crippen LogP contribution in [0.5, 0.6) is 0 Å². The van der Waals surface area contributed by atoms with Crippen LogP contribution >= 0.6 is 7.60 Å². The predicted octanol–water partition coefficient (Wildman–Crippen LogP) is 1.98. The van der Waals surface area contributed by atoms with Gasteiger partial charge < -0.3 is 13.8 Å². The second-order valence-electron chi connectivity index (χ2n) is 2.96. The van der Waals surface area contributed by atoms with Crippen LogP contribution in [0.2, 0.25) is 0 Å². The van der Waals surface area contributed by atoms with Crippen LogP contribution in [-0.4, -0.2) is 32.5 Å². The Morgan fingerprint density at radius 2 is 2.00 bits per heavy atom. The van der Waals surface area contributed by atoms with Crippen molar-refractivity contribution in [2.45, 2.75) is 19.4 Å². The summed E-state index contributed by atoms with van der Waals surface area (Å²) in [6, 6.07) is 0. The molecule has 1 atom stereocenters. The first-order valence-corrected chi connectivity index (χ1v) is 6.21. The largest absolute Gasteiger partial charge is 0.462 e. The van der Waals surface area contributed by atoms with Crippen LogP contribution in [0.4, 0.5) is 0 Å². The van der Waals surface area contributed by atoms with Gasteiger partial charge in [-0.3, -0.25) is 9.36 Å². The van der Waals surface area contributed by atoms with Gasteiger partial charge in [0.25, 0.3) is 0 Å². The van der Waals surface area contributed by atoms with Crippen molar-refractivity contribution in [1.29, 1.82) is 0 Å². The van der Waals surface area contributed by atoms with Crippen molar-refractivity contribution in [1.82, 2.24) is 0 Å². The maximum Gasteiger partial charge on any atom is 0.341 e. The molecule has 0 radical (unpaired) electrons. The Labute approximate surface area is 89.9 Å². The topological polar surface area (TPSA) is 61.8 Å². The zero-order chi connectivity index (χ0) is 11.9. The molecule has 15 heavy (non-hydrogen) atoms. The van der Waals surface area contributed by atoms with Crippen LogP contribution in [-0.2, 0) is 23.1 Å². The van der Waals surface area contributed by atoms with Crippen molar-refractivity contribution in [3.8, 4) is 0 Å². The summed E-state index contributed by atoms with van der Waals surface area (Å²) in [5.74, 6) is -0.601. The Hall–Kier alpha value is -0.640. The predicted molar refractivity (Wildman–Crippen MR) is 56.9 cm³/mol. The number of ether oxygens (including phenoxy) is 1. The highest BCUT2D eigenvalue weighted by molar-refractivity contribution is 7.54. The van der Waals surface area contributed by atoms with Gasteiger partial charge in [0, 0.05) is 20.6 Å². The number of rotatable bonds is 7. The molecule has 0 amide bonds. The summed E-state index contributed by atoms with van der Waals surface area (Å²) in [6.07, 6.45) is 1.54. The van der Waals surface area contributed by atoms with Crippen LogP contribution in [0, 0.1) is 0 Å². The lowest BCUT2D eigenvalue weighted by Crippen LogP contribution is -2.18. The lowest BCUT2D eigenvalue weighted by Gasteiger charge is -2.15. The molecule has 0 aliphatic carbocycles. The van der Waals surface area contributed by atoms with Gasteiger partial charge in [0.1, 0.15) is 12.3 Å². The zero-order valence-electron chi connectivity index (χ0n) is 9.26. The van der Waals surface area contributed by atoms with Gasteiger partial charge in [0.2, 0.25) is 0 Å². The molecule has 0 aliphatic rings. The van der Waals surface area contributed by atoms with Crippen LogP contribution < -0.4 is 0 Å². The molecule has 0 aromatic rings. The van der Waals surface area contributed by atoms with Crippen LogP contribution in [0.25, 0.3) is 0 Å². The molecule has 0 aromatic heterocycles. The molecular formula is C9H17O5P. The third-order valence-corrected chi connectivity index (χ3v) is 3.47. The lowest BCUT2D eigenvalue weighted by atomic mass is 10.3. The molecule has 0 fully saturated rings. The first-order chi connectivity index (χ1) is 6.97. The number of carbonyl (C=O) groups is 1. The Balaban J connectivity index is 4.13. The molecule has 0 unspecified atom stereocenters. The first kappa shape index (κ1) is 14.4. The summed E-state index contributed by atoms with van der Waals surface area (Å²) in [5.41, 5.74) is 0. The van der Waals surface area contributed by atoms with Crippen molar-refractivity contribution in [2.75, 3.05) is 20.4 Å². The maximum absolute atomic E-state index is 11.5. The van der Waals surface area contributed by atoms with Gasteiger partial charge >= 0.3 is 13.6 Å². The average Bonchev–Trinajstić information content (AvgIpc) is 2.17. The average molecular weight is 236 g/mol. The van der Waals surface area contributed by atoms with Gasteiger partial charge in [-0.15, -0.1) is 6.58 Å². The molecule has 0 bridgehead atoms. The van der Waals surface area contributed by atoms with Crippen LogP contribution in [0.3, 0.4) is 0 Å². The summed E-state index contributed by atoms with van der Waals surface area (Å²) in [7, 11) is -0.859. The fourth-order valence-corrected chi connectivity index (χ4v) is 1.70. The van der Waals surface area contributed by atoms with E-state index in [0.29, 0.717) is 6.42 Å². The van der Waals surface area contributed by atoms with Crippen LogP contribution in [0.1, 0.15) is 13.3 Å². The quantitative estimate of drug-likeness (QED) is 0.384. The van der Waals surface area contributed by atoms with E-state index in [9.17, 15) is 9.36 Å². The highest BCUT2D eigenvalue weighted by atomic mass is 31.2. The Morgan fingerprint density at radius 3 is 2.40 bits per heavy atom. The molecular weight excluding hydrogens is 219 g/mol. The molecule has 0 saturated carbocycles. The fourth-order valence-electron chi connectivity index (χ4n) is 0.906. The fraction of sp³-hybridized carbons (Fsp3) is 0.667. The van der Waals surface area contributed by atoms with Crippen molar-refractivity contribution in [3.05, 3.63) is 12.7 Å². The van der Waals surface area contributed by atoms with Gasteiger partial charge in [-0.05, 0) is 6.92 Å². The van der Waals surface area contributed by atoms with Crippen molar-refractivity contribution in [3.63, 3.8) is 0 Å². The first-order valence-electron chi connectivity index (χ1n) is 4.48. The molecule has 0 aromatic carbocycles. The monoisotopic (exact) mass is 236 g/mol. The van der Waals surface area contributed by atoms with E-state index in [4.69, 9.17) is 4.74 Å². The second kappa shape index (κ2) is 6.77. The number of carbonyl (C=O) groups excluding carboxylic acids is 1. The zero-order valence-corrected chi connectivity index (χ0v) is 10.2. The number of esters is 1. The van der Waals surface area contributed by atoms with E-state index >= 15 is 0 Å². The molecule has 0 saturated heterocycles. The Bertz CT molecular complexity index is 255. The van der Waals surface area contributed by atoms with E-state index < -0.39 is 13.6 Å². The van der Waals surface area contributed by atoms with E-state index in [0.717, 1.165) is 0 Å². The molecule has 88 valence electrons. The van der Waals surface area contributed by atoms with Gasteiger partial charge in [0.05, 0.1) is 0 Å². The van der Waals surface area contributed by atoms with Gasteiger partial charge in [0.15, 0.2) is 0 Å². The van der Waals surface area contributed by atoms with E-state index in [1.807, 2.05) is 0 Å². The van der Waals surface area contributed by atoms with E-state index in [2.05, 4.69) is 15.6 Å². The van der Waals surface area contributed by atoms with E-state index in [1.54, 1.807) is 13.0 Å². The van der Waals surface area contributed by atoms with Crippen LogP contribution in [0.15, 0.2) is 12.7 Å².